The van der Waals surface area contributed by atoms with Crippen molar-refractivity contribution in [1.82, 2.24) is 9.71 Å². The van der Waals surface area contributed by atoms with E-state index in [1.165, 1.54) is 24.1 Å². The van der Waals surface area contributed by atoms with Gasteiger partial charge in [-0.05, 0) is 61.9 Å². The molecule has 3 aromatic rings. The molecule has 10 heteroatoms. The Kier molecular flexibility index (Phi) is 7.73. The predicted octanol–water partition coefficient (Wildman–Crippen LogP) is 6.42. The van der Waals surface area contributed by atoms with Gasteiger partial charge in [-0.2, -0.15) is 13.2 Å². The molecule has 1 aliphatic rings. The van der Waals surface area contributed by atoms with Crippen molar-refractivity contribution in [3.05, 3.63) is 75.8 Å². The highest BCUT2D eigenvalue weighted by Gasteiger charge is 2.27. The lowest BCUT2D eigenvalue weighted by Crippen LogP contribution is -2.27. The van der Waals surface area contributed by atoms with Gasteiger partial charge in [0.1, 0.15) is 17.1 Å². The number of aromatic nitrogens is 1. The third-order valence-electron chi connectivity index (χ3n) is 5.57. The summed E-state index contributed by atoms with van der Waals surface area (Å²) in [5.41, 5.74) is 1.46. The van der Waals surface area contributed by atoms with Crippen LogP contribution in [0, 0.1) is 12.7 Å². The summed E-state index contributed by atoms with van der Waals surface area (Å²) in [5.74, 6) is -1.18. The van der Waals surface area contributed by atoms with Crippen LogP contribution < -0.4 is 15.0 Å². The Morgan fingerprint density at radius 1 is 1.11 bits per heavy atom. The summed E-state index contributed by atoms with van der Waals surface area (Å²) in [4.78, 5) is 28.5. The number of pyridine rings is 1. The third-order valence-corrected chi connectivity index (χ3v) is 6.68. The first kappa shape index (κ1) is 25.8. The molecule has 0 unspecified atom stereocenters. The number of ether oxygens (including phenoxy) is 1. The molecule has 1 amide bonds. The van der Waals surface area contributed by atoms with Gasteiger partial charge in [0, 0.05) is 28.9 Å². The molecule has 0 radical (unpaired) electrons. The van der Waals surface area contributed by atoms with Crippen LogP contribution in [0.5, 0.6) is 5.75 Å². The highest BCUT2D eigenvalue weighted by molar-refractivity contribution is 7.98. The maximum absolute atomic E-state index is 15.0. The van der Waals surface area contributed by atoms with E-state index in [0.29, 0.717) is 16.4 Å². The third kappa shape index (κ3) is 6.69. The van der Waals surface area contributed by atoms with Gasteiger partial charge in [0.2, 0.25) is 0 Å². The Morgan fingerprint density at radius 2 is 1.83 bits per heavy atom. The van der Waals surface area contributed by atoms with Crippen molar-refractivity contribution in [3.63, 3.8) is 0 Å². The van der Waals surface area contributed by atoms with Gasteiger partial charge in [0.05, 0.1) is 12.3 Å². The normalized spacial score (nSPS) is 13.5. The summed E-state index contributed by atoms with van der Waals surface area (Å²) in [6.07, 6.45) is -3.50. The first-order chi connectivity index (χ1) is 17.1. The minimum absolute atomic E-state index is 0.0578. The van der Waals surface area contributed by atoms with Gasteiger partial charge in [0.25, 0.3) is 11.5 Å². The summed E-state index contributed by atoms with van der Waals surface area (Å²) in [6.45, 7) is 1.70. The monoisotopic (exact) mass is 520 g/mol. The van der Waals surface area contributed by atoms with Crippen molar-refractivity contribution in [1.29, 1.82) is 0 Å². The predicted molar refractivity (Wildman–Crippen MR) is 131 cm³/mol. The number of carbonyl (C=O) groups excluding carboxylic acids is 1. The molecule has 190 valence electrons. The van der Waals surface area contributed by atoms with Crippen LogP contribution in [0.4, 0.5) is 17.6 Å². The minimum Gasteiger partial charge on any atom is -0.493 e. The van der Waals surface area contributed by atoms with Crippen LogP contribution in [0.3, 0.4) is 0 Å². The zero-order valence-corrected chi connectivity index (χ0v) is 20.2. The van der Waals surface area contributed by atoms with Crippen LogP contribution in [0.2, 0.25) is 0 Å². The molecular formula is C26H24F4N2O3S. The zero-order valence-electron chi connectivity index (χ0n) is 19.4. The minimum atomic E-state index is -4.28. The van der Waals surface area contributed by atoms with E-state index >= 15 is 0 Å². The van der Waals surface area contributed by atoms with Crippen molar-refractivity contribution < 1.29 is 27.1 Å². The van der Waals surface area contributed by atoms with Gasteiger partial charge < -0.3 is 9.72 Å². The number of carbonyl (C=O) groups is 1. The number of amides is 1. The Morgan fingerprint density at radius 3 is 2.47 bits per heavy atom. The Labute approximate surface area is 209 Å². The first-order valence-electron chi connectivity index (χ1n) is 11.4. The topological polar surface area (TPSA) is 71.2 Å². The van der Waals surface area contributed by atoms with E-state index in [2.05, 4.69) is 9.71 Å². The van der Waals surface area contributed by atoms with Crippen LogP contribution >= 0.6 is 11.9 Å². The number of nitrogens with one attached hydrogen (secondary N) is 2. The number of alkyl halides is 3. The van der Waals surface area contributed by atoms with E-state index < -0.39 is 29.9 Å². The van der Waals surface area contributed by atoms with Crippen LogP contribution in [-0.4, -0.2) is 28.9 Å². The van der Waals surface area contributed by atoms with E-state index in [4.69, 9.17) is 4.74 Å². The molecule has 2 aromatic carbocycles. The van der Waals surface area contributed by atoms with E-state index in [-0.39, 0.29) is 35.6 Å². The van der Waals surface area contributed by atoms with Gasteiger partial charge in [-0.15, -0.1) is 0 Å². The molecule has 1 heterocycles. The summed E-state index contributed by atoms with van der Waals surface area (Å²) >= 11 is 1.29. The van der Waals surface area contributed by atoms with Crippen LogP contribution in [0.25, 0.3) is 22.4 Å². The van der Waals surface area contributed by atoms with Gasteiger partial charge in [-0.3, -0.25) is 14.3 Å². The number of benzene rings is 2. The highest BCUT2D eigenvalue weighted by atomic mass is 32.2. The molecule has 1 fully saturated rings. The maximum Gasteiger partial charge on any atom is 0.389 e. The fourth-order valence-electron chi connectivity index (χ4n) is 3.53. The lowest BCUT2D eigenvalue weighted by molar-refractivity contribution is -0.136. The fraction of sp³-hybridized carbons (Fsp3) is 0.308. The SMILES string of the molecule is Cc1ccc(-c2cc(-c3ccc(OCCCC(F)(F)F)cc3F)[nH]c(=O)c2C(=O)NSC2CC2)cc1. The molecule has 1 aliphatic carbocycles. The smallest absolute Gasteiger partial charge is 0.389 e. The number of rotatable bonds is 9. The lowest BCUT2D eigenvalue weighted by atomic mass is 9.97. The molecular weight excluding hydrogens is 496 g/mol. The van der Waals surface area contributed by atoms with Crippen LogP contribution in [0.1, 0.15) is 41.6 Å². The molecule has 1 aromatic heterocycles. The van der Waals surface area contributed by atoms with Crippen LogP contribution in [-0.2, 0) is 0 Å². The number of aryl methyl sites for hydroxylation is 1. The molecule has 36 heavy (non-hydrogen) atoms. The zero-order chi connectivity index (χ0) is 25.9. The summed E-state index contributed by atoms with van der Waals surface area (Å²) in [7, 11) is 0. The molecule has 5 nitrogen and oxygen atoms in total. The van der Waals surface area contributed by atoms with Gasteiger partial charge in [-0.25, -0.2) is 4.39 Å². The van der Waals surface area contributed by atoms with Crippen molar-refractivity contribution in [2.75, 3.05) is 6.61 Å². The Bertz CT molecular complexity index is 1300. The second kappa shape index (κ2) is 10.8. The molecule has 4 rings (SSSR count). The van der Waals surface area contributed by atoms with Crippen molar-refractivity contribution in [2.24, 2.45) is 0 Å². The van der Waals surface area contributed by atoms with E-state index in [0.717, 1.165) is 24.5 Å². The van der Waals surface area contributed by atoms with E-state index in [9.17, 15) is 27.2 Å². The number of H-pyrrole nitrogens is 1. The quantitative estimate of drug-likeness (QED) is 0.194. The summed E-state index contributed by atoms with van der Waals surface area (Å²) < 4.78 is 59.8. The van der Waals surface area contributed by atoms with E-state index in [1.54, 1.807) is 18.2 Å². The Hall–Kier alpha value is -3.27. The fourth-order valence-corrected chi connectivity index (χ4v) is 4.28. The van der Waals surface area contributed by atoms with Gasteiger partial charge in [0.15, 0.2) is 0 Å². The average Bonchev–Trinajstić information content (AvgIpc) is 3.64. The lowest BCUT2D eigenvalue weighted by Gasteiger charge is -2.13. The van der Waals surface area contributed by atoms with Crippen LogP contribution in [0.15, 0.2) is 53.3 Å². The number of aromatic amines is 1. The van der Waals surface area contributed by atoms with E-state index in [1.807, 2.05) is 19.1 Å². The molecule has 1 saturated carbocycles. The standard InChI is InChI=1S/C26H24F4N2O3S/c1-15-3-5-16(6-4-15)20-14-22(31-24(33)23(20)25(34)32-36-18-8-9-18)19-10-7-17(13-21(19)27)35-12-2-11-26(28,29)30/h3-7,10,13-14,18H,2,8-9,11-12H2,1H3,(H,31,33)(H,32,34). The first-order valence-corrected chi connectivity index (χ1v) is 12.3. The molecule has 0 aliphatic heterocycles. The highest BCUT2D eigenvalue weighted by Crippen LogP contribution is 2.33. The Balaban J connectivity index is 1.63. The van der Waals surface area contributed by atoms with Crippen molar-refractivity contribution in [2.45, 2.75) is 44.0 Å². The second-order valence-corrected chi connectivity index (χ2v) is 9.73. The largest absolute Gasteiger partial charge is 0.493 e. The number of hydrogen-bond donors (Lipinski definition) is 2. The van der Waals surface area contributed by atoms with Gasteiger partial charge in [-0.1, -0.05) is 29.8 Å². The van der Waals surface area contributed by atoms with Crippen molar-refractivity contribution >= 4 is 17.9 Å². The summed E-state index contributed by atoms with van der Waals surface area (Å²) in [6, 6.07) is 12.7. The second-order valence-electron chi connectivity index (χ2n) is 8.62. The van der Waals surface area contributed by atoms with Gasteiger partial charge >= 0.3 is 6.18 Å². The molecule has 2 N–H and O–H groups in total. The number of hydrogen-bond acceptors (Lipinski definition) is 4. The molecule has 0 atom stereocenters. The molecule has 0 bridgehead atoms. The molecule has 0 spiro atoms. The molecule has 0 saturated heterocycles. The maximum atomic E-state index is 15.0. The number of halogens is 4. The van der Waals surface area contributed by atoms with Crippen molar-refractivity contribution in [3.8, 4) is 28.1 Å². The average molecular weight is 521 g/mol. The summed E-state index contributed by atoms with van der Waals surface area (Å²) in [5, 5.41) is 0.346.